The summed E-state index contributed by atoms with van der Waals surface area (Å²) < 4.78 is 0.739. The molecule has 0 aliphatic rings. The van der Waals surface area contributed by atoms with Crippen LogP contribution in [0.25, 0.3) is 0 Å². The highest BCUT2D eigenvalue weighted by atomic mass is 32.2. The molecule has 8 heteroatoms. The summed E-state index contributed by atoms with van der Waals surface area (Å²) in [5.41, 5.74) is 2.59. The van der Waals surface area contributed by atoms with Gasteiger partial charge in [-0.2, -0.15) is 0 Å². The lowest BCUT2D eigenvalue weighted by Gasteiger charge is -2.12. The molecule has 23 heavy (non-hydrogen) atoms. The van der Waals surface area contributed by atoms with Crippen molar-refractivity contribution >= 4 is 40.6 Å². The molecule has 0 atom stereocenters. The van der Waals surface area contributed by atoms with E-state index >= 15 is 0 Å². The molecule has 122 valence electrons. The van der Waals surface area contributed by atoms with Gasteiger partial charge in [0.05, 0.1) is 17.0 Å². The first kappa shape index (κ1) is 17.4. The van der Waals surface area contributed by atoms with Crippen molar-refractivity contribution in [3.63, 3.8) is 0 Å². The average molecular weight is 350 g/mol. The Kier molecular flexibility index (Phi) is 6.54. The number of rotatable bonds is 7. The van der Waals surface area contributed by atoms with Gasteiger partial charge in [0.2, 0.25) is 5.91 Å². The summed E-state index contributed by atoms with van der Waals surface area (Å²) in [7, 11) is 0. The van der Waals surface area contributed by atoms with Gasteiger partial charge in [-0.25, -0.2) is 0 Å². The first-order valence-corrected chi connectivity index (χ1v) is 8.99. The van der Waals surface area contributed by atoms with Crippen LogP contribution in [0.15, 0.2) is 34.1 Å². The van der Waals surface area contributed by atoms with E-state index in [4.69, 9.17) is 0 Å². The Balaban J connectivity index is 1.96. The van der Waals surface area contributed by atoms with Crippen LogP contribution in [0.1, 0.15) is 24.2 Å². The molecule has 6 nitrogen and oxygen atoms in total. The van der Waals surface area contributed by atoms with Crippen LogP contribution in [0, 0.1) is 5.92 Å². The maximum Gasteiger partial charge on any atom is 0.253 e. The minimum Gasteiger partial charge on any atom is -0.352 e. The molecule has 0 saturated heterocycles. The summed E-state index contributed by atoms with van der Waals surface area (Å²) in [4.78, 5) is 24.3. The van der Waals surface area contributed by atoms with E-state index < -0.39 is 0 Å². The van der Waals surface area contributed by atoms with Gasteiger partial charge in [0, 0.05) is 6.54 Å². The van der Waals surface area contributed by atoms with E-state index in [0.29, 0.717) is 23.7 Å². The fourth-order valence-electron chi connectivity index (χ4n) is 1.72. The van der Waals surface area contributed by atoms with Crippen LogP contribution in [-0.4, -0.2) is 34.3 Å². The largest absolute Gasteiger partial charge is 0.352 e. The Morgan fingerprint density at radius 2 is 2.09 bits per heavy atom. The number of aromatic nitrogens is 2. The van der Waals surface area contributed by atoms with E-state index in [0.717, 1.165) is 4.34 Å². The summed E-state index contributed by atoms with van der Waals surface area (Å²) >= 11 is 2.70. The number of nitrogens with one attached hydrogen (secondary N) is 2. The van der Waals surface area contributed by atoms with Gasteiger partial charge < -0.3 is 10.6 Å². The predicted molar refractivity (Wildman–Crippen MR) is 92.9 cm³/mol. The van der Waals surface area contributed by atoms with Crippen LogP contribution in [0.2, 0.25) is 0 Å². The summed E-state index contributed by atoms with van der Waals surface area (Å²) in [6, 6.07) is 6.98. The lowest BCUT2D eigenvalue weighted by atomic mass is 10.1. The van der Waals surface area contributed by atoms with Crippen LogP contribution >= 0.6 is 23.1 Å². The number of benzene rings is 1. The van der Waals surface area contributed by atoms with Gasteiger partial charge in [0.25, 0.3) is 5.91 Å². The molecule has 0 bridgehead atoms. The molecular weight excluding hydrogens is 332 g/mol. The zero-order valence-electron chi connectivity index (χ0n) is 12.9. The van der Waals surface area contributed by atoms with E-state index in [1.54, 1.807) is 29.8 Å². The van der Waals surface area contributed by atoms with Crippen molar-refractivity contribution in [1.82, 2.24) is 15.5 Å². The number of amides is 2. The van der Waals surface area contributed by atoms with Gasteiger partial charge in [-0.05, 0) is 18.1 Å². The minimum absolute atomic E-state index is 0.186. The summed E-state index contributed by atoms with van der Waals surface area (Å²) in [6.07, 6.45) is 0. The molecule has 0 aliphatic carbocycles. The van der Waals surface area contributed by atoms with Gasteiger partial charge >= 0.3 is 0 Å². The number of carbonyl (C=O) groups excluding carboxylic acids is 2. The van der Waals surface area contributed by atoms with Crippen LogP contribution in [0.3, 0.4) is 0 Å². The molecule has 2 rings (SSSR count). The highest BCUT2D eigenvalue weighted by Gasteiger charge is 2.13. The molecular formula is C15H18N4O2S2. The topological polar surface area (TPSA) is 84.0 Å². The second-order valence-electron chi connectivity index (χ2n) is 5.19. The highest BCUT2D eigenvalue weighted by Crippen LogP contribution is 2.20. The molecule has 0 unspecified atom stereocenters. The second-order valence-corrected chi connectivity index (χ2v) is 7.25. The number of anilines is 1. The summed E-state index contributed by atoms with van der Waals surface area (Å²) in [5.74, 6) is 0.210. The quantitative estimate of drug-likeness (QED) is 0.750. The van der Waals surface area contributed by atoms with Crippen LogP contribution in [0.5, 0.6) is 0 Å². The van der Waals surface area contributed by atoms with Crippen molar-refractivity contribution in [2.75, 3.05) is 17.6 Å². The van der Waals surface area contributed by atoms with Crippen LogP contribution < -0.4 is 10.6 Å². The van der Waals surface area contributed by atoms with E-state index in [2.05, 4.69) is 20.8 Å². The third-order valence-corrected chi connectivity index (χ3v) is 4.64. The monoisotopic (exact) mass is 350 g/mol. The number of nitrogens with zero attached hydrogens (tertiary/aromatic N) is 2. The van der Waals surface area contributed by atoms with Crippen molar-refractivity contribution in [1.29, 1.82) is 0 Å². The number of para-hydroxylation sites is 1. The standard InChI is InChI=1S/C15H18N4O2S2/c1-10(2)7-16-14(21)11-5-3-4-6-12(11)18-13(20)8-22-15-19-17-9-23-15/h3-6,9-10H,7-8H2,1-2H3,(H,16,21)(H,18,20). The number of hydrogen-bond acceptors (Lipinski definition) is 6. The molecule has 2 aromatic rings. The smallest absolute Gasteiger partial charge is 0.253 e. The molecule has 0 saturated carbocycles. The third-order valence-electron chi connectivity index (χ3n) is 2.78. The Bertz CT molecular complexity index is 659. The number of carbonyl (C=O) groups is 2. The van der Waals surface area contributed by atoms with E-state index in [-0.39, 0.29) is 17.6 Å². The third kappa shape index (κ3) is 5.65. The summed E-state index contributed by atoms with van der Waals surface area (Å²) in [6.45, 7) is 4.64. The van der Waals surface area contributed by atoms with Crippen molar-refractivity contribution < 1.29 is 9.59 Å². The molecule has 0 spiro atoms. The molecule has 0 fully saturated rings. The molecule has 1 aromatic carbocycles. The maximum atomic E-state index is 12.2. The minimum atomic E-state index is -0.189. The summed E-state index contributed by atoms with van der Waals surface area (Å²) in [5, 5.41) is 13.2. The van der Waals surface area contributed by atoms with Gasteiger partial charge in [0.15, 0.2) is 4.34 Å². The van der Waals surface area contributed by atoms with Crippen LogP contribution in [-0.2, 0) is 4.79 Å². The Hall–Kier alpha value is -1.93. The fraction of sp³-hybridized carbons (Fsp3) is 0.333. The normalized spacial score (nSPS) is 10.6. The highest BCUT2D eigenvalue weighted by molar-refractivity contribution is 8.01. The number of hydrogen-bond donors (Lipinski definition) is 2. The van der Waals surface area contributed by atoms with E-state index in [1.807, 2.05) is 13.8 Å². The van der Waals surface area contributed by atoms with Crippen molar-refractivity contribution in [2.24, 2.45) is 5.92 Å². The van der Waals surface area contributed by atoms with E-state index in [1.165, 1.54) is 23.1 Å². The predicted octanol–water partition coefficient (Wildman–Crippen LogP) is 2.65. The lowest BCUT2D eigenvalue weighted by Crippen LogP contribution is -2.28. The SMILES string of the molecule is CC(C)CNC(=O)c1ccccc1NC(=O)CSc1nncs1. The Labute approximate surface area is 143 Å². The number of thioether (sulfide) groups is 1. The average Bonchev–Trinajstić information content (AvgIpc) is 3.04. The van der Waals surface area contributed by atoms with Crippen molar-refractivity contribution in [3.05, 3.63) is 35.3 Å². The van der Waals surface area contributed by atoms with Gasteiger partial charge in [0.1, 0.15) is 5.51 Å². The molecule has 0 radical (unpaired) electrons. The molecule has 2 amide bonds. The zero-order chi connectivity index (χ0) is 16.7. The zero-order valence-corrected chi connectivity index (χ0v) is 14.5. The van der Waals surface area contributed by atoms with Gasteiger partial charge in [-0.15, -0.1) is 10.2 Å². The van der Waals surface area contributed by atoms with Crippen molar-refractivity contribution in [3.8, 4) is 0 Å². The maximum absolute atomic E-state index is 12.2. The second kappa shape index (κ2) is 8.64. The first-order chi connectivity index (χ1) is 11.1. The molecule has 1 aromatic heterocycles. The van der Waals surface area contributed by atoms with Gasteiger partial charge in [-0.1, -0.05) is 49.1 Å². The van der Waals surface area contributed by atoms with Crippen LogP contribution in [0.4, 0.5) is 5.69 Å². The van der Waals surface area contributed by atoms with Gasteiger partial charge in [-0.3, -0.25) is 9.59 Å². The Morgan fingerprint density at radius 3 is 2.78 bits per heavy atom. The van der Waals surface area contributed by atoms with E-state index in [9.17, 15) is 9.59 Å². The first-order valence-electron chi connectivity index (χ1n) is 7.12. The Morgan fingerprint density at radius 1 is 1.30 bits per heavy atom. The fourth-order valence-corrected chi connectivity index (χ4v) is 3.01. The molecule has 1 heterocycles. The molecule has 2 N–H and O–H groups in total. The molecule has 0 aliphatic heterocycles. The van der Waals surface area contributed by atoms with Crippen molar-refractivity contribution in [2.45, 2.75) is 18.2 Å². The lowest BCUT2D eigenvalue weighted by molar-refractivity contribution is -0.113.